The summed E-state index contributed by atoms with van der Waals surface area (Å²) in [4.78, 5) is 12.0. The molecule has 0 aliphatic heterocycles. The van der Waals surface area contributed by atoms with Gasteiger partial charge in [0.15, 0.2) is 18.2 Å². The van der Waals surface area contributed by atoms with Crippen molar-refractivity contribution in [1.29, 1.82) is 0 Å². The molecule has 2 aromatic carbocycles. The summed E-state index contributed by atoms with van der Waals surface area (Å²) in [5.74, 6) is 2.03. The first-order valence-electron chi connectivity index (χ1n) is 8.36. The Balaban J connectivity index is 1.50. The molecule has 2 N–H and O–H groups in total. The number of amides is 1. The highest BCUT2D eigenvalue weighted by molar-refractivity contribution is 5.90. The first-order chi connectivity index (χ1) is 13.1. The Hall–Kier alpha value is -3.61. The second-order valence-corrected chi connectivity index (χ2v) is 5.81. The molecule has 0 bridgehead atoms. The summed E-state index contributed by atoms with van der Waals surface area (Å²) in [6.07, 6.45) is 0. The number of nitrogens with zero attached hydrogens (tertiary/aromatic N) is 2. The standard InChI is InChI=1S/C20H20N4O3/c1-14-3-7-17(8-4-14)27-13-20(25)22-19-12-11-18(23-24-19)21-15-5-9-16(26-2)10-6-15/h3-12H,13H2,1-2H3,(H,21,23)(H,22,24,25). The van der Waals surface area contributed by atoms with Crippen LogP contribution < -0.4 is 20.1 Å². The second-order valence-electron chi connectivity index (χ2n) is 5.81. The van der Waals surface area contributed by atoms with E-state index in [0.29, 0.717) is 17.4 Å². The summed E-state index contributed by atoms with van der Waals surface area (Å²) in [6.45, 7) is 1.89. The largest absolute Gasteiger partial charge is 0.497 e. The van der Waals surface area contributed by atoms with Gasteiger partial charge >= 0.3 is 0 Å². The molecule has 3 aromatic rings. The Labute approximate surface area is 157 Å². The number of hydrogen-bond acceptors (Lipinski definition) is 6. The van der Waals surface area contributed by atoms with Crippen molar-refractivity contribution in [2.75, 3.05) is 24.4 Å². The van der Waals surface area contributed by atoms with Crippen LogP contribution in [0.5, 0.6) is 11.5 Å². The van der Waals surface area contributed by atoms with Gasteiger partial charge in [-0.25, -0.2) is 0 Å². The number of ether oxygens (including phenoxy) is 2. The van der Waals surface area contributed by atoms with Crippen molar-refractivity contribution in [2.24, 2.45) is 0 Å². The molecule has 0 atom stereocenters. The summed E-state index contributed by atoms with van der Waals surface area (Å²) in [7, 11) is 1.62. The lowest BCUT2D eigenvalue weighted by Crippen LogP contribution is -2.21. The van der Waals surface area contributed by atoms with Crippen molar-refractivity contribution in [3.05, 3.63) is 66.2 Å². The van der Waals surface area contributed by atoms with E-state index in [4.69, 9.17) is 9.47 Å². The van der Waals surface area contributed by atoms with Gasteiger partial charge < -0.3 is 20.1 Å². The van der Waals surface area contributed by atoms with Gasteiger partial charge in [0.2, 0.25) is 0 Å². The van der Waals surface area contributed by atoms with Gasteiger partial charge in [0, 0.05) is 5.69 Å². The van der Waals surface area contributed by atoms with E-state index < -0.39 is 0 Å². The average molecular weight is 364 g/mol. The average Bonchev–Trinajstić information content (AvgIpc) is 2.70. The van der Waals surface area contributed by atoms with Gasteiger partial charge in [-0.2, -0.15) is 0 Å². The zero-order valence-corrected chi connectivity index (χ0v) is 15.1. The molecule has 1 aromatic heterocycles. The van der Waals surface area contributed by atoms with Crippen LogP contribution >= 0.6 is 0 Å². The molecule has 7 nitrogen and oxygen atoms in total. The quantitative estimate of drug-likeness (QED) is 0.667. The summed E-state index contributed by atoms with van der Waals surface area (Å²) in [6, 6.07) is 18.3. The molecule has 0 spiro atoms. The number of rotatable bonds is 7. The highest BCUT2D eigenvalue weighted by Gasteiger charge is 2.06. The molecule has 0 unspecified atom stereocenters. The molecule has 7 heteroatoms. The van der Waals surface area contributed by atoms with Gasteiger partial charge in [0.1, 0.15) is 11.5 Å². The van der Waals surface area contributed by atoms with Crippen LogP contribution in [0.3, 0.4) is 0 Å². The van der Waals surface area contributed by atoms with Crippen LogP contribution in [-0.4, -0.2) is 29.8 Å². The topological polar surface area (TPSA) is 85.4 Å². The molecule has 1 amide bonds. The molecule has 0 aliphatic rings. The van der Waals surface area contributed by atoms with Crippen LogP contribution in [0.25, 0.3) is 0 Å². The van der Waals surface area contributed by atoms with E-state index in [-0.39, 0.29) is 12.5 Å². The molecule has 0 radical (unpaired) electrons. The lowest BCUT2D eigenvalue weighted by molar-refractivity contribution is -0.118. The molecule has 0 saturated heterocycles. The molecule has 27 heavy (non-hydrogen) atoms. The maximum Gasteiger partial charge on any atom is 0.263 e. The van der Waals surface area contributed by atoms with Crippen molar-refractivity contribution in [3.8, 4) is 11.5 Å². The van der Waals surface area contributed by atoms with Gasteiger partial charge in [-0.05, 0) is 55.5 Å². The zero-order chi connectivity index (χ0) is 19.1. The molecule has 0 aliphatic carbocycles. The van der Waals surface area contributed by atoms with Crippen molar-refractivity contribution in [3.63, 3.8) is 0 Å². The third-order valence-electron chi connectivity index (χ3n) is 3.69. The first kappa shape index (κ1) is 18.2. The van der Waals surface area contributed by atoms with Crippen LogP contribution in [0.2, 0.25) is 0 Å². The number of carbonyl (C=O) groups is 1. The Morgan fingerprint density at radius 3 is 2.15 bits per heavy atom. The number of carbonyl (C=O) groups excluding carboxylic acids is 1. The lowest BCUT2D eigenvalue weighted by atomic mass is 10.2. The summed E-state index contributed by atoms with van der Waals surface area (Å²) < 4.78 is 10.6. The van der Waals surface area contributed by atoms with E-state index in [1.54, 1.807) is 19.2 Å². The Kier molecular flexibility index (Phi) is 5.84. The minimum absolute atomic E-state index is 0.101. The Morgan fingerprint density at radius 2 is 1.52 bits per heavy atom. The van der Waals surface area contributed by atoms with E-state index in [1.807, 2.05) is 55.5 Å². The third kappa shape index (κ3) is 5.43. The van der Waals surface area contributed by atoms with Crippen molar-refractivity contribution in [2.45, 2.75) is 6.92 Å². The predicted molar refractivity (Wildman–Crippen MR) is 104 cm³/mol. The highest BCUT2D eigenvalue weighted by Crippen LogP contribution is 2.18. The number of methoxy groups -OCH3 is 1. The van der Waals surface area contributed by atoms with Gasteiger partial charge in [-0.15, -0.1) is 10.2 Å². The normalized spacial score (nSPS) is 10.1. The second kappa shape index (κ2) is 8.66. The van der Waals surface area contributed by atoms with Gasteiger partial charge in [-0.3, -0.25) is 4.79 Å². The fourth-order valence-electron chi connectivity index (χ4n) is 2.25. The molecule has 3 rings (SSSR count). The monoisotopic (exact) mass is 364 g/mol. The maximum absolute atomic E-state index is 12.0. The van der Waals surface area contributed by atoms with E-state index in [2.05, 4.69) is 20.8 Å². The number of anilines is 3. The van der Waals surface area contributed by atoms with Crippen LogP contribution in [0.1, 0.15) is 5.56 Å². The molecule has 138 valence electrons. The van der Waals surface area contributed by atoms with Crippen molar-refractivity contribution in [1.82, 2.24) is 10.2 Å². The molecule has 1 heterocycles. The summed E-state index contributed by atoms with van der Waals surface area (Å²) in [5, 5.41) is 13.8. The number of benzene rings is 2. The Morgan fingerprint density at radius 1 is 0.889 bits per heavy atom. The van der Waals surface area contributed by atoms with Crippen LogP contribution in [0, 0.1) is 6.92 Å². The van der Waals surface area contributed by atoms with E-state index >= 15 is 0 Å². The van der Waals surface area contributed by atoms with Crippen molar-refractivity contribution < 1.29 is 14.3 Å². The van der Waals surface area contributed by atoms with Crippen LogP contribution in [0.15, 0.2) is 60.7 Å². The predicted octanol–water partition coefficient (Wildman–Crippen LogP) is 3.55. The van der Waals surface area contributed by atoms with Gasteiger partial charge in [-0.1, -0.05) is 17.7 Å². The molecule has 0 fully saturated rings. The Bertz CT molecular complexity index is 879. The third-order valence-corrected chi connectivity index (χ3v) is 3.69. The van der Waals surface area contributed by atoms with Gasteiger partial charge in [0.25, 0.3) is 5.91 Å². The van der Waals surface area contributed by atoms with E-state index in [9.17, 15) is 4.79 Å². The lowest BCUT2D eigenvalue weighted by Gasteiger charge is -2.08. The van der Waals surface area contributed by atoms with Crippen LogP contribution in [-0.2, 0) is 4.79 Å². The first-order valence-corrected chi connectivity index (χ1v) is 8.36. The smallest absolute Gasteiger partial charge is 0.263 e. The molecular weight excluding hydrogens is 344 g/mol. The van der Waals surface area contributed by atoms with Gasteiger partial charge in [0.05, 0.1) is 7.11 Å². The number of aromatic nitrogens is 2. The number of nitrogens with one attached hydrogen (secondary N) is 2. The highest BCUT2D eigenvalue weighted by atomic mass is 16.5. The fraction of sp³-hybridized carbons (Fsp3) is 0.150. The zero-order valence-electron chi connectivity index (χ0n) is 15.1. The number of hydrogen-bond donors (Lipinski definition) is 2. The minimum Gasteiger partial charge on any atom is -0.497 e. The minimum atomic E-state index is -0.305. The molecular formula is C20H20N4O3. The summed E-state index contributed by atoms with van der Waals surface area (Å²) >= 11 is 0. The number of aryl methyl sites for hydroxylation is 1. The fourth-order valence-corrected chi connectivity index (χ4v) is 2.25. The van der Waals surface area contributed by atoms with E-state index in [1.165, 1.54) is 0 Å². The van der Waals surface area contributed by atoms with E-state index in [0.717, 1.165) is 17.0 Å². The van der Waals surface area contributed by atoms with Crippen LogP contribution in [0.4, 0.5) is 17.3 Å². The van der Waals surface area contributed by atoms with Crippen molar-refractivity contribution >= 4 is 23.2 Å². The SMILES string of the molecule is COc1ccc(Nc2ccc(NC(=O)COc3ccc(C)cc3)nn2)cc1. The molecule has 0 saturated carbocycles. The maximum atomic E-state index is 12.0. The summed E-state index contributed by atoms with van der Waals surface area (Å²) in [5.41, 5.74) is 1.98.